The van der Waals surface area contributed by atoms with Gasteiger partial charge in [-0.25, -0.2) is 9.78 Å². The fraction of sp³-hybridized carbons (Fsp3) is 0.610. The Morgan fingerprint density at radius 1 is 1.00 bits per heavy atom. The third-order valence-corrected chi connectivity index (χ3v) is 11.9. The van der Waals surface area contributed by atoms with Crippen molar-refractivity contribution in [2.45, 2.75) is 129 Å². The van der Waals surface area contributed by atoms with Crippen LogP contribution in [0.2, 0.25) is 0 Å². The zero-order valence-electron chi connectivity index (χ0n) is 31.1. The summed E-state index contributed by atoms with van der Waals surface area (Å²) < 4.78 is 13.3. The van der Waals surface area contributed by atoms with Gasteiger partial charge in [-0.15, -0.1) is 0 Å². The van der Waals surface area contributed by atoms with E-state index in [0.717, 1.165) is 68.2 Å². The zero-order valence-corrected chi connectivity index (χ0v) is 31.1. The number of carbonyl (C=O) groups is 2. The smallest absolute Gasteiger partial charge is 0.407 e. The number of carbonyl (C=O) groups excluding carboxylic acids is 2. The molecule has 2 bridgehead atoms. The summed E-state index contributed by atoms with van der Waals surface area (Å²) in [6, 6.07) is 10.8. The first-order valence-electron chi connectivity index (χ1n) is 18.9. The van der Waals surface area contributed by atoms with Gasteiger partial charge >= 0.3 is 6.09 Å². The molecular formula is C41H57N5O4. The van der Waals surface area contributed by atoms with Crippen molar-refractivity contribution in [2.75, 3.05) is 25.1 Å². The van der Waals surface area contributed by atoms with E-state index in [1.807, 2.05) is 28.0 Å². The van der Waals surface area contributed by atoms with Crippen LogP contribution in [0.15, 0.2) is 48.9 Å². The number of rotatable bonds is 11. The Morgan fingerprint density at radius 2 is 1.72 bits per heavy atom. The monoisotopic (exact) mass is 683 g/mol. The first-order valence-corrected chi connectivity index (χ1v) is 18.9. The van der Waals surface area contributed by atoms with Crippen LogP contribution in [-0.4, -0.2) is 53.1 Å². The third kappa shape index (κ3) is 7.71. The normalized spacial score (nSPS) is 24.8. The predicted molar refractivity (Wildman–Crippen MR) is 197 cm³/mol. The molecule has 0 atom stereocenters. The topological polar surface area (TPSA) is 98.6 Å². The zero-order chi connectivity index (χ0) is 35.5. The molecule has 2 amide bonds. The molecular weight excluding hydrogens is 626 g/mol. The van der Waals surface area contributed by atoms with Gasteiger partial charge in [0.05, 0.1) is 18.8 Å². The summed E-state index contributed by atoms with van der Waals surface area (Å²) >= 11 is 0. The number of hydrogen-bond donors (Lipinski definition) is 1. The minimum atomic E-state index is -0.347. The fourth-order valence-corrected chi connectivity index (χ4v) is 8.54. The number of anilines is 1. The average molecular weight is 684 g/mol. The summed E-state index contributed by atoms with van der Waals surface area (Å²) in [4.78, 5) is 33.8. The van der Waals surface area contributed by atoms with Crippen molar-refractivity contribution in [3.63, 3.8) is 0 Å². The summed E-state index contributed by atoms with van der Waals surface area (Å²) in [7, 11) is 1.74. The number of nitrogens with zero attached hydrogens (tertiary/aromatic N) is 4. The molecule has 3 aromatic rings. The Morgan fingerprint density at radius 3 is 2.34 bits per heavy atom. The number of unbranched alkanes of at least 4 members (excludes halogenated alkanes) is 1. The SMILES string of the molecule is CCCCNC(=O)O[C@H]1CC[C@H](C(=O)N(CC23CCC(c4ccc(OC)c(C)c4)(CC2)CC3)c2cc(-c3cnn(C(C)(C)C)c3)ccn2)CC1. The first-order chi connectivity index (χ1) is 23.9. The fourth-order valence-electron chi connectivity index (χ4n) is 8.54. The van der Waals surface area contributed by atoms with Gasteiger partial charge in [0.2, 0.25) is 5.91 Å². The van der Waals surface area contributed by atoms with Crippen LogP contribution in [0.3, 0.4) is 0 Å². The van der Waals surface area contributed by atoms with Crippen molar-refractivity contribution in [3.8, 4) is 16.9 Å². The van der Waals surface area contributed by atoms with Crippen LogP contribution < -0.4 is 15.0 Å². The van der Waals surface area contributed by atoms with Crippen LogP contribution in [0.1, 0.15) is 116 Å². The van der Waals surface area contributed by atoms with E-state index in [0.29, 0.717) is 44.6 Å². The van der Waals surface area contributed by atoms with Gasteiger partial charge in [0.1, 0.15) is 17.7 Å². The third-order valence-electron chi connectivity index (χ3n) is 11.9. The van der Waals surface area contributed by atoms with E-state index in [4.69, 9.17) is 14.5 Å². The highest BCUT2D eigenvalue weighted by Gasteiger charge is 2.51. The lowest BCUT2D eigenvalue weighted by Gasteiger charge is -2.55. The standard InChI is InChI=1S/C41H57N5O4/c1-7-8-22-43-38(48)50-34-12-9-30(10-13-34)37(47)45(36-25-31(15-23-42-36)32-26-44-46(27-32)39(3,4)5)28-40-16-19-41(20-17-40,21-18-40)33-11-14-35(49-6)29(2)24-33/h11,14-15,23-27,30,34H,7-10,12-13,16-22,28H2,1-6H3,(H,43,48)/t30-,34-,40?,41?. The van der Waals surface area contributed by atoms with Crippen molar-refractivity contribution in [1.29, 1.82) is 0 Å². The molecule has 9 nitrogen and oxygen atoms in total. The average Bonchev–Trinajstić information content (AvgIpc) is 3.64. The molecule has 0 spiro atoms. The van der Waals surface area contributed by atoms with Crippen molar-refractivity contribution in [2.24, 2.45) is 11.3 Å². The van der Waals surface area contributed by atoms with E-state index < -0.39 is 0 Å². The van der Waals surface area contributed by atoms with Crippen LogP contribution in [0.4, 0.5) is 10.6 Å². The van der Waals surface area contributed by atoms with E-state index in [1.54, 1.807) is 7.11 Å². The molecule has 9 heteroatoms. The summed E-state index contributed by atoms with van der Waals surface area (Å²) in [5.74, 6) is 1.68. The van der Waals surface area contributed by atoms with E-state index in [9.17, 15) is 9.59 Å². The Labute approximate surface area is 298 Å². The Kier molecular flexibility index (Phi) is 10.6. The molecule has 2 aromatic heterocycles. The Bertz CT molecular complexity index is 1630. The van der Waals surface area contributed by atoms with Gasteiger partial charge in [-0.1, -0.05) is 25.5 Å². The number of methoxy groups -OCH3 is 1. The molecule has 4 fully saturated rings. The quantitative estimate of drug-likeness (QED) is 0.203. The second-order valence-electron chi connectivity index (χ2n) is 16.3. The molecule has 4 aliphatic rings. The number of aromatic nitrogens is 3. The second kappa shape index (κ2) is 14.8. The number of nitrogens with one attached hydrogen (secondary N) is 1. The molecule has 7 rings (SSSR count). The predicted octanol–water partition coefficient (Wildman–Crippen LogP) is 8.73. The maximum atomic E-state index is 14.6. The maximum Gasteiger partial charge on any atom is 0.407 e. The van der Waals surface area contributed by atoms with Gasteiger partial charge in [0, 0.05) is 37.0 Å². The van der Waals surface area contributed by atoms with Gasteiger partial charge in [0.25, 0.3) is 0 Å². The van der Waals surface area contributed by atoms with E-state index in [2.05, 4.69) is 75.5 Å². The maximum absolute atomic E-state index is 14.6. The van der Waals surface area contributed by atoms with Crippen molar-refractivity contribution in [1.82, 2.24) is 20.1 Å². The number of amides is 2. The largest absolute Gasteiger partial charge is 0.496 e. The highest BCUT2D eigenvalue weighted by atomic mass is 16.6. The van der Waals surface area contributed by atoms with Gasteiger partial charge in [0.15, 0.2) is 0 Å². The molecule has 0 unspecified atom stereocenters. The number of pyridine rings is 1. The molecule has 0 radical (unpaired) electrons. The minimum Gasteiger partial charge on any atom is -0.496 e. The molecule has 1 aromatic carbocycles. The lowest BCUT2D eigenvalue weighted by atomic mass is 9.51. The van der Waals surface area contributed by atoms with E-state index in [-0.39, 0.29) is 40.4 Å². The van der Waals surface area contributed by atoms with Crippen LogP contribution in [0.5, 0.6) is 5.75 Å². The number of fused-ring (bicyclic) bond motifs is 3. The first kappa shape index (κ1) is 35.9. The molecule has 4 saturated carbocycles. The second-order valence-corrected chi connectivity index (χ2v) is 16.3. The molecule has 2 heterocycles. The number of ether oxygens (including phenoxy) is 2. The molecule has 0 saturated heterocycles. The summed E-state index contributed by atoms with van der Waals surface area (Å²) in [6.07, 6.45) is 16.7. The number of hydrogen-bond acceptors (Lipinski definition) is 6. The van der Waals surface area contributed by atoms with Gasteiger partial charge in [-0.2, -0.15) is 5.10 Å². The number of alkyl carbamates (subject to hydrolysis) is 1. The van der Waals surface area contributed by atoms with E-state index >= 15 is 0 Å². The summed E-state index contributed by atoms with van der Waals surface area (Å²) in [5, 5.41) is 7.49. The van der Waals surface area contributed by atoms with Crippen LogP contribution in [0, 0.1) is 18.3 Å². The van der Waals surface area contributed by atoms with Gasteiger partial charge in [-0.3, -0.25) is 14.4 Å². The van der Waals surface area contributed by atoms with E-state index in [1.165, 1.54) is 11.1 Å². The Balaban J connectivity index is 1.21. The van der Waals surface area contributed by atoms with Gasteiger partial charge < -0.3 is 14.8 Å². The molecule has 50 heavy (non-hydrogen) atoms. The van der Waals surface area contributed by atoms with Crippen molar-refractivity contribution in [3.05, 3.63) is 60.0 Å². The number of benzene rings is 1. The molecule has 270 valence electrons. The van der Waals surface area contributed by atoms with Crippen LogP contribution in [0.25, 0.3) is 11.1 Å². The summed E-state index contributed by atoms with van der Waals surface area (Å²) in [5.41, 5.74) is 4.77. The highest BCUT2D eigenvalue weighted by molar-refractivity contribution is 5.95. The van der Waals surface area contributed by atoms with Crippen molar-refractivity contribution >= 4 is 17.8 Å². The van der Waals surface area contributed by atoms with Crippen LogP contribution in [-0.2, 0) is 20.5 Å². The lowest BCUT2D eigenvalue weighted by molar-refractivity contribution is -0.124. The highest BCUT2D eigenvalue weighted by Crippen LogP contribution is 2.58. The lowest BCUT2D eigenvalue weighted by Crippen LogP contribution is -2.52. The van der Waals surface area contributed by atoms with Gasteiger partial charge in [-0.05, 0) is 144 Å². The number of aryl methyl sites for hydroxylation is 1. The molecule has 0 aliphatic heterocycles. The van der Waals surface area contributed by atoms with Crippen LogP contribution >= 0.6 is 0 Å². The minimum absolute atomic E-state index is 0.0601. The molecule has 1 N–H and O–H groups in total. The summed E-state index contributed by atoms with van der Waals surface area (Å²) in [6.45, 7) is 12.0. The molecule has 4 aliphatic carbocycles. The van der Waals surface area contributed by atoms with Crippen molar-refractivity contribution < 1.29 is 19.1 Å². The Hall–Kier alpha value is -3.88.